The van der Waals surface area contributed by atoms with Crippen LogP contribution in [0.25, 0.3) is 5.65 Å². The number of non-ortho nitro benzene ring substituents is 1. The smallest absolute Gasteiger partial charge is 0.271 e. The molecule has 2 saturated heterocycles. The van der Waals surface area contributed by atoms with Crippen molar-refractivity contribution in [3.63, 3.8) is 0 Å². The molecule has 1 aliphatic carbocycles. The predicted octanol–water partition coefficient (Wildman–Crippen LogP) is 4.21. The molecule has 0 atom stereocenters. The number of nitrogens with one attached hydrogen (secondary N) is 1. The molecule has 0 bridgehead atoms. The Morgan fingerprint density at radius 2 is 1.71 bits per heavy atom. The Balaban J connectivity index is 1.31. The Morgan fingerprint density at radius 3 is 2.37 bits per heavy atom. The Labute approximate surface area is 217 Å². The van der Waals surface area contributed by atoms with E-state index in [1.165, 1.54) is 41.8 Å². The maximum Gasteiger partial charge on any atom is 0.271 e. The van der Waals surface area contributed by atoms with Crippen molar-refractivity contribution in [1.82, 2.24) is 19.6 Å². The van der Waals surface area contributed by atoms with E-state index in [1.807, 2.05) is 4.90 Å². The minimum absolute atomic E-state index is 0.0786. The molecule has 3 aliphatic rings. The van der Waals surface area contributed by atoms with E-state index in [2.05, 4.69) is 20.4 Å². The summed E-state index contributed by atoms with van der Waals surface area (Å²) in [6, 6.07) is 4.24. The number of benzene rings is 1. The first-order valence-corrected chi connectivity index (χ1v) is 12.8. The van der Waals surface area contributed by atoms with Gasteiger partial charge in [0, 0.05) is 51.2 Å². The molecular formula is C25H28F2N8O3. The molecule has 11 nitrogen and oxygen atoms in total. The molecule has 13 heteroatoms. The van der Waals surface area contributed by atoms with Gasteiger partial charge in [0.05, 0.1) is 22.4 Å². The number of anilines is 3. The van der Waals surface area contributed by atoms with Gasteiger partial charge in [-0.05, 0) is 44.1 Å². The number of hydrogen-bond acceptors (Lipinski definition) is 8. The average molecular weight is 527 g/mol. The van der Waals surface area contributed by atoms with Gasteiger partial charge >= 0.3 is 0 Å². The summed E-state index contributed by atoms with van der Waals surface area (Å²) >= 11 is 0. The third-order valence-electron chi connectivity index (χ3n) is 8.00. The first-order valence-electron chi connectivity index (χ1n) is 12.8. The number of nitrogens with zero attached hydrogens (tertiary/aromatic N) is 7. The molecule has 2 aliphatic heterocycles. The maximum absolute atomic E-state index is 13.8. The van der Waals surface area contributed by atoms with Gasteiger partial charge in [-0.2, -0.15) is 5.10 Å². The lowest BCUT2D eigenvalue weighted by Gasteiger charge is -2.34. The van der Waals surface area contributed by atoms with Gasteiger partial charge < -0.3 is 15.1 Å². The largest absolute Gasteiger partial charge is 0.371 e. The molecule has 1 N–H and O–H groups in total. The minimum atomic E-state index is -2.72. The van der Waals surface area contributed by atoms with Crippen molar-refractivity contribution in [2.24, 2.45) is 5.41 Å². The zero-order chi connectivity index (χ0) is 26.7. The van der Waals surface area contributed by atoms with Crippen LogP contribution in [0.5, 0.6) is 0 Å². The van der Waals surface area contributed by atoms with E-state index in [0.29, 0.717) is 34.0 Å². The van der Waals surface area contributed by atoms with Crippen molar-refractivity contribution in [1.29, 1.82) is 0 Å². The SMILES string of the molecule is Cc1nc2c(N3CCC(F)(F)CC3)nc(NC(=O)c3ccc([N+](=O)[O-])cc3N3CCC4(CC3)CC4)cn2n1. The van der Waals surface area contributed by atoms with E-state index in [9.17, 15) is 23.7 Å². The predicted molar refractivity (Wildman–Crippen MR) is 136 cm³/mol. The summed E-state index contributed by atoms with van der Waals surface area (Å²) in [6.07, 6.45) is 5.36. The Kier molecular flexibility index (Phi) is 5.69. The third kappa shape index (κ3) is 4.61. The number of alkyl halides is 2. The normalized spacial score (nSPS) is 20.1. The number of aryl methyl sites for hydroxylation is 1. The fourth-order valence-electron chi connectivity index (χ4n) is 5.47. The van der Waals surface area contributed by atoms with Crippen LogP contribution in [-0.2, 0) is 0 Å². The van der Waals surface area contributed by atoms with Gasteiger partial charge in [0.1, 0.15) is 5.82 Å². The number of fused-ring (bicyclic) bond motifs is 1. The lowest BCUT2D eigenvalue weighted by Crippen LogP contribution is -2.40. The number of nitro groups is 1. The van der Waals surface area contributed by atoms with Gasteiger partial charge in [0.2, 0.25) is 0 Å². The lowest BCUT2D eigenvalue weighted by atomic mass is 9.93. The molecule has 2 aromatic heterocycles. The van der Waals surface area contributed by atoms with Crippen molar-refractivity contribution in [2.75, 3.05) is 41.3 Å². The van der Waals surface area contributed by atoms with Gasteiger partial charge in [-0.25, -0.2) is 23.3 Å². The van der Waals surface area contributed by atoms with Crippen LogP contribution in [-0.4, -0.2) is 62.5 Å². The molecule has 3 fully saturated rings. The van der Waals surface area contributed by atoms with E-state index in [4.69, 9.17) is 0 Å². The molecule has 6 rings (SSSR count). The van der Waals surface area contributed by atoms with E-state index in [1.54, 1.807) is 11.8 Å². The van der Waals surface area contributed by atoms with Gasteiger partial charge in [-0.1, -0.05) is 0 Å². The summed E-state index contributed by atoms with van der Waals surface area (Å²) in [6.45, 7) is 3.37. The summed E-state index contributed by atoms with van der Waals surface area (Å²) in [5.74, 6) is -2.16. The topological polar surface area (TPSA) is 122 Å². The summed E-state index contributed by atoms with van der Waals surface area (Å²) < 4.78 is 29.0. The lowest BCUT2D eigenvalue weighted by molar-refractivity contribution is -0.384. The summed E-state index contributed by atoms with van der Waals surface area (Å²) in [5, 5.41) is 18.6. The van der Waals surface area contributed by atoms with Crippen molar-refractivity contribution in [3.05, 3.63) is 45.9 Å². The number of nitro benzene ring substituents is 1. The number of carbonyl (C=O) groups is 1. The second-order valence-corrected chi connectivity index (χ2v) is 10.6. The highest BCUT2D eigenvalue weighted by Gasteiger charge is 2.45. The number of aromatic nitrogens is 4. The summed E-state index contributed by atoms with van der Waals surface area (Å²) in [7, 11) is 0. The molecule has 1 saturated carbocycles. The second kappa shape index (κ2) is 8.84. The van der Waals surface area contributed by atoms with Gasteiger partial charge in [-0.3, -0.25) is 14.9 Å². The van der Waals surface area contributed by atoms with E-state index < -0.39 is 16.8 Å². The second-order valence-electron chi connectivity index (χ2n) is 10.6. The van der Waals surface area contributed by atoms with E-state index >= 15 is 0 Å². The van der Waals surface area contributed by atoms with Crippen molar-refractivity contribution < 1.29 is 18.5 Å². The number of halogens is 2. The van der Waals surface area contributed by atoms with Crippen molar-refractivity contribution in [2.45, 2.75) is 51.4 Å². The van der Waals surface area contributed by atoms with Gasteiger partial charge in [-0.15, -0.1) is 0 Å². The first kappa shape index (κ1) is 24.4. The highest BCUT2D eigenvalue weighted by molar-refractivity contribution is 6.08. The number of amides is 1. The standard InChI is InChI=1S/C25H28F2N8O3/c1-16-28-22-21(33-12-8-25(26,27)9-13-33)29-20(15-34(22)31-16)30-23(36)18-3-2-17(35(37)38)14-19(18)32-10-6-24(4-5-24)7-11-32/h2-3,14-15H,4-13H2,1H3,(H,30,36). The van der Waals surface area contributed by atoms with Gasteiger partial charge in [0.25, 0.3) is 17.5 Å². The highest BCUT2D eigenvalue weighted by Crippen LogP contribution is 2.54. The van der Waals surface area contributed by atoms with E-state index in [-0.39, 0.29) is 37.4 Å². The quantitative estimate of drug-likeness (QED) is 0.388. The van der Waals surface area contributed by atoms with Crippen molar-refractivity contribution >= 4 is 34.6 Å². The molecule has 4 heterocycles. The van der Waals surface area contributed by atoms with Crippen LogP contribution in [0.15, 0.2) is 24.4 Å². The zero-order valence-electron chi connectivity index (χ0n) is 21.0. The Morgan fingerprint density at radius 1 is 1.03 bits per heavy atom. The molecule has 3 aromatic rings. The third-order valence-corrected chi connectivity index (χ3v) is 8.00. The van der Waals surface area contributed by atoms with Crippen molar-refractivity contribution in [3.8, 4) is 0 Å². The summed E-state index contributed by atoms with van der Waals surface area (Å²) in [5.41, 5.74) is 1.57. The summed E-state index contributed by atoms with van der Waals surface area (Å²) in [4.78, 5) is 37.3. The monoisotopic (exact) mass is 526 g/mol. The number of carbonyl (C=O) groups excluding carboxylic acids is 1. The molecule has 1 aromatic carbocycles. The number of piperidine rings is 2. The molecule has 1 spiro atoms. The van der Waals surface area contributed by atoms with Crippen LogP contribution in [0.3, 0.4) is 0 Å². The fourth-order valence-corrected chi connectivity index (χ4v) is 5.47. The molecule has 200 valence electrons. The van der Waals surface area contributed by atoms with Crippen LogP contribution in [0.4, 0.5) is 31.8 Å². The molecular weight excluding hydrogens is 498 g/mol. The molecule has 0 radical (unpaired) electrons. The van der Waals surface area contributed by atoms with Crippen LogP contribution < -0.4 is 15.1 Å². The van der Waals surface area contributed by atoms with Gasteiger partial charge in [0.15, 0.2) is 17.3 Å². The molecule has 0 unspecified atom stereocenters. The van der Waals surface area contributed by atoms with Crippen LogP contribution >= 0.6 is 0 Å². The van der Waals surface area contributed by atoms with Crippen LogP contribution in [0, 0.1) is 22.5 Å². The Bertz CT molecular complexity index is 1420. The van der Waals surface area contributed by atoms with E-state index in [0.717, 1.165) is 25.9 Å². The average Bonchev–Trinajstić information content (AvgIpc) is 3.52. The molecule has 38 heavy (non-hydrogen) atoms. The Hall–Kier alpha value is -3.90. The highest BCUT2D eigenvalue weighted by atomic mass is 19.3. The molecule has 1 amide bonds. The maximum atomic E-state index is 13.8. The zero-order valence-corrected chi connectivity index (χ0v) is 21.0. The number of hydrogen-bond donors (Lipinski definition) is 1. The fraction of sp³-hybridized carbons (Fsp3) is 0.520. The van der Waals surface area contributed by atoms with Crippen LogP contribution in [0.2, 0.25) is 0 Å². The number of rotatable bonds is 5. The minimum Gasteiger partial charge on any atom is -0.371 e. The first-order chi connectivity index (χ1) is 18.1. The van der Waals surface area contributed by atoms with Crippen LogP contribution in [0.1, 0.15) is 54.7 Å².